The molecule has 1 aromatic carbocycles. The lowest BCUT2D eigenvalue weighted by atomic mass is 10.0. The van der Waals surface area contributed by atoms with Crippen LogP contribution in [-0.4, -0.2) is 22.9 Å². The Kier molecular flexibility index (Phi) is 4.43. The minimum Gasteiger partial charge on any atom is -0.496 e. The number of benzene rings is 1. The molecule has 0 atom stereocenters. The Balaban J connectivity index is 2.48. The molecular weight excluding hydrogens is 290 g/mol. The number of methoxy groups -OCH3 is 1. The zero-order valence-electron chi connectivity index (χ0n) is 12.1. The number of aromatic nitrogens is 2. The van der Waals surface area contributed by atoms with E-state index in [1.54, 1.807) is 25.3 Å². The van der Waals surface area contributed by atoms with Gasteiger partial charge in [0.1, 0.15) is 10.9 Å². The Morgan fingerprint density at radius 2 is 2.10 bits per heavy atom. The van der Waals surface area contributed by atoms with Crippen LogP contribution >= 0.6 is 11.6 Å². The molecule has 0 aliphatic rings. The zero-order chi connectivity index (χ0) is 15.6. The third-order valence-corrected chi connectivity index (χ3v) is 3.55. The van der Waals surface area contributed by atoms with E-state index in [-0.39, 0.29) is 11.7 Å². The van der Waals surface area contributed by atoms with Gasteiger partial charge in [-0.05, 0) is 37.6 Å². The van der Waals surface area contributed by atoms with Gasteiger partial charge in [0, 0.05) is 23.2 Å². The predicted molar refractivity (Wildman–Crippen MR) is 82.0 cm³/mol. The van der Waals surface area contributed by atoms with Crippen molar-refractivity contribution in [3.05, 3.63) is 45.7 Å². The number of ether oxygens (including phenoxy) is 1. The Hall–Kier alpha value is -2.14. The van der Waals surface area contributed by atoms with Crippen molar-refractivity contribution in [2.45, 2.75) is 20.3 Å². The highest BCUT2D eigenvalue weighted by Crippen LogP contribution is 2.27. The molecular formula is C15H16ClN3O2. The lowest BCUT2D eigenvalue weighted by molar-refractivity contribution is 0.101. The summed E-state index contributed by atoms with van der Waals surface area (Å²) in [7, 11) is 1.58. The summed E-state index contributed by atoms with van der Waals surface area (Å²) in [6.07, 6.45) is 0.468. The van der Waals surface area contributed by atoms with E-state index in [9.17, 15) is 4.79 Å². The summed E-state index contributed by atoms with van der Waals surface area (Å²) in [4.78, 5) is 19.6. The number of carbonyl (C=O) groups excluding carboxylic acids is 1. The first-order chi connectivity index (χ1) is 9.92. The van der Waals surface area contributed by atoms with Gasteiger partial charge in [-0.2, -0.15) is 0 Å². The summed E-state index contributed by atoms with van der Waals surface area (Å²) in [5.41, 5.74) is 8.52. The van der Waals surface area contributed by atoms with Gasteiger partial charge in [-0.1, -0.05) is 11.6 Å². The molecule has 0 amide bonds. The van der Waals surface area contributed by atoms with Crippen LogP contribution in [0.25, 0.3) is 0 Å². The lowest BCUT2D eigenvalue weighted by Gasteiger charge is -2.12. The van der Waals surface area contributed by atoms with Gasteiger partial charge in [0.05, 0.1) is 7.11 Å². The van der Waals surface area contributed by atoms with Gasteiger partial charge in [0.2, 0.25) is 5.95 Å². The number of nitrogens with zero attached hydrogens (tertiary/aromatic N) is 2. The van der Waals surface area contributed by atoms with E-state index < -0.39 is 0 Å². The second kappa shape index (κ2) is 6.10. The van der Waals surface area contributed by atoms with Crippen molar-refractivity contribution in [1.82, 2.24) is 9.97 Å². The Labute approximate surface area is 128 Å². The molecule has 2 N–H and O–H groups in total. The smallest absolute Gasteiger partial charge is 0.221 e. The van der Waals surface area contributed by atoms with Crippen LogP contribution in [0, 0.1) is 6.92 Å². The summed E-state index contributed by atoms with van der Waals surface area (Å²) >= 11 is 6.14. The van der Waals surface area contributed by atoms with Crippen molar-refractivity contribution in [3.8, 4) is 5.75 Å². The minimum absolute atomic E-state index is 0.00437. The van der Waals surface area contributed by atoms with E-state index in [4.69, 9.17) is 22.1 Å². The second-order valence-corrected chi connectivity index (χ2v) is 5.05. The highest BCUT2D eigenvalue weighted by molar-refractivity contribution is 6.30. The number of hydrogen-bond acceptors (Lipinski definition) is 5. The number of anilines is 1. The van der Waals surface area contributed by atoms with E-state index in [1.165, 1.54) is 6.92 Å². The van der Waals surface area contributed by atoms with E-state index in [1.807, 2.05) is 6.92 Å². The maximum absolute atomic E-state index is 11.5. The maximum Gasteiger partial charge on any atom is 0.221 e. The summed E-state index contributed by atoms with van der Waals surface area (Å²) in [6.45, 7) is 3.34. The van der Waals surface area contributed by atoms with Crippen molar-refractivity contribution < 1.29 is 9.53 Å². The van der Waals surface area contributed by atoms with Gasteiger partial charge in [-0.25, -0.2) is 9.97 Å². The van der Waals surface area contributed by atoms with Crippen LogP contribution in [-0.2, 0) is 6.42 Å². The van der Waals surface area contributed by atoms with Crippen molar-refractivity contribution in [3.63, 3.8) is 0 Å². The number of carbonyl (C=O) groups is 1. The van der Waals surface area contributed by atoms with Gasteiger partial charge in [0.25, 0.3) is 0 Å². The molecule has 21 heavy (non-hydrogen) atoms. The van der Waals surface area contributed by atoms with Crippen molar-refractivity contribution >= 4 is 23.3 Å². The molecule has 2 aromatic rings. The molecule has 0 radical (unpaired) electrons. The highest BCUT2D eigenvalue weighted by Gasteiger charge is 2.14. The number of Topliss-reactive ketones (excluding diaryl/α,β-unsaturated/α-hetero) is 1. The first kappa shape index (κ1) is 15.3. The molecule has 0 aliphatic heterocycles. The number of nitrogens with two attached hydrogens (primary N) is 1. The molecule has 0 spiro atoms. The summed E-state index contributed by atoms with van der Waals surface area (Å²) in [5, 5.41) is 0.315. The maximum atomic E-state index is 11.5. The van der Waals surface area contributed by atoms with Crippen molar-refractivity contribution in [2.75, 3.05) is 12.8 Å². The molecule has 0 bridgehead atoms. The zero-order valence-corrected chi connectivity index (χ0v) is 12.9. The normalized spacial score (nSPS) is 10.5. The molecule has 5 nitrogen and oxygen atoms in total. The van der Waals surface area contributed by atoms with Crippen LogP contribution in [0.5, 0.6) is 5.75 Å². The fraction of sp³-hybridized carbons (Fsp3) is 0.267. The molecule has 6 heteroatoms. The average Bonchev–Trinajstić information content (AvgIpc) is 2.42. The van der Waals surface area contributed by atoms with Crippen LogP contribution in [0.2, 0.25) is 5.15 Å². The first-order valence-electron chi connectivity index (χ1n) is 6.38. The van der Waals surface area contributed by atoms with Crippen LogP contribution in [0.4, 0.5) is 5.95 Å². The summed E-state index contributed by atoms with van der Waals surface area (Å²) < 4.78 is 5.34. The highest BCUT2D eigenvalue weighted by atomic mass is 35.5. The molecule has 1 heterocycles. The van der Waals surface area contributed by atoms with Gasteiger partial charge in [-0.3, -0.25) is 4.79 Å². The average molecular weight is 306 g/mol. The quantitative estimate of drug-likeness (QED) is 0.694. The Morgan fingerprint density at radius 1 is 1.38 bits per heavy atom. The van der Waals surface area contributed by atoms with Crippen LogP contribution in [0.3, 0.4) is 0 Å². The van der Waals surface area contributed by atoms with Gasteiger partial charge < -0.3 is 10.5 Å². The fourth-order valence-electron chi connectivity index (χ4n) is 2.11. The van der Waals surface area contributed by atoms with Crippen molar-refractivity contribution in [1.29, 1.82) is 0 Å². The number of nitrogen functional groups attached to an aromatic ring is 1. The molecule has 0 unspecified atom stereocenters. The predicted octanol–water partition coefficient (Wildman–Crippen LogP) is 2.82. The Morgan fingerprint density at radius 3 is 2.67 bits per heavy atom. The van der Waals surface area contributed by atoms with E-state index in [2.05, 4.69) is 9.97 Å². The molecule has 0 fully saturated rings. The number of ketones is 1. The third kappa shape index (κ3) is 3.31. The summed E-state index contributed by atoms with van der Waals surface area (Å²) in [6, 6.07) is 5.30. The van der Waals surface area contributed by atoms with Crippen LogP contribution in [0.1, 0.15) is 34.1 Å². The second-order valence-electron chi connectivity index (χ2n) is 4.70. The van der Waals surface area contributed by atoms with Crippen LogP contribution < -0.4 is 10.5 Å². The number of rotatable bonds is 4. The molecule has 1 aromatic heterocycles. The van der Waals surface area contributed by atoms with Gasteiger partial charge >= 0.3 is 0 Å². The van der Waals surface area contributed by atoms with Gasteiger partial charge in [0.15, 0.2) is 5.78 Å². The first-order valence-corrected chi connectivity index (χ1v) is 6.76. The van der Waals surface area contributed by atoms with E-state index in [0.717, 1.165) is 11.1 Å². The molecule has 0 aliphatic carbocycles. The number of aryl methyl sites for hydroxylation is 1. The Bertz CT molecular complexity index is 678. The molecule has 2 rings (SSSR count). The summed E-state index contributed by atoms with van der Waals surface area (Å²) in [5.74, 6) is 0.827. The number of halogens is 1. The molecule has 0 saturated carbocycles. The van der Waals surface area contributed by atoms with E-state index >= 15 is 0 Å². The monoisotopic (exact) mass is 305 g/mol. The topological polar surface area (TPSA) is 78.1 Å². The third-order valence-electron chi connectivity index (χ3n) is 3.23. The van der Waals surface area contributed by atoms with E-state index in [0.29, 0.717) is 28.6 Å². The minimum atomic E-state index is -0.00437. The molecule has 0 saturated heterocycles. The van der Waals surface area contributed by atoms with Gasteiger partial charge in [-0.15, -0.1) is 0 Å². The van der Waals surface area contributed by atoms with Crippen molar-refractivity contribution in [2.24, 2.45) is 0 Å². The van der Waals surface area contributed by atoms with Crippen LogP contribution in [0.15, 0.2) is 18.2 Å². The molecule has 110 valence electrons. The largest absolute Gasteiger partial charge is 0.496 e. The number of hydrogen-bond donors (Lipinski definition) is 1. The standard InChI is InChI=1S/C15H16ClN3O2/c1-8-12(14(16)19-15(17)18-8)7-11-6-10(9(2)20)4-5-13(11)21-3/h4-6H,7H2,1-3H3,(H2,17,18,19). The fourth-order valence-corrected chi connectivity index (χ4v) is 2.40. The SMILES string of the molecule is COc1ccc(C(C)=O)cc1Cc1c(C)nc(N)nc1Cl. The lowest BCUT2D eigenvalue weighted by Crippen LogP contribution is -2.05.